The fourth-order valence-corrected chi connectivity index (χ4v) is 5.34. The van der Waals surface area contributed by atoms with Gasteiger partial charge in [0.2, 0.25) is 0 Å². The number of para-hydroxylation sites is 2. The van der Waals surface area contributed by atoms with Crippen molar-refractivity contribution in [2.45, 2.75) is 26.2 Å². The van der Waals surface area contributed by atoms with Gasteiger partial charge in [-0.25, -0.2) is 4.98 Å². The van der Waals surface area contributed by atoms with Crippen molar-refractivity contribution in [1.29, 1.82) is 0 Å². The van der Waals surface area contributed by atoms with Gasteiger partial charge in [0.15, 0.2) is 5.65 Å². The number of fused-ring (bicyclic) bond motifs is 4. The SMILES string of the molecule is CC(C)(C)c1ccc2nc(-c3[c-]cc(F)c4c3oc3ccccc34)n(-c3ccccc3)c2n1.[Ir].[c-]1ccccc1-c1ccccn1. The maximum Gasteiger partial charge on any atom is 0.155 e. The molecule has 1 radical (unpaired) electrons. The molecule has 8 aromatic rings. The van der Waals surface area contributed by atoms with Gasteiger partial charge in [-0.3, -0.25) is 9.37 Å². The molecule has 5 nitrogen and oxygen atoms in total. The Bertz CT molecular complexity index is 2220. The molecule has 0 aliphatic rings. The molecule has 229 valence electrons. The van der Waals surface area contributed by atoms with E-state index in [0.29, 0.717) is 27.9 Å². The van der Waals surface area contributed by atoms with Crippen molar-refractivity contribution in [3.63, 3.8) is 0 Å². The van der Waals surface area contributed by atoms with E-state index >= 15 is 0 Å². The molecule has 0 unspecified atom stereocenters. The smallest absolute Gasteiger partial charge is 0.155 e. The zero-order valence-electron chi connectivity index (χ0n) is 25.5. The standard InChI is InChI=1S/C28H21FN3O.C11H8N.Ir/c1-28(2,3)23-16-15-21-27(31-23)32(17-9-5-4-6-10-17)26(30-21)19-13-14-20(29)24-18-11-7-8-12-22(18)33-25(19)24;1-2-6-10(7-3-1)11-8-4-5-9-12-11;/h4-12,14-16H,1-3H3;1-6,8-9H;/q2*-1;. The molecule has 0 saturated heterocycles. The Morgan fingerprint density at radius 1 is 0.783 bits per heavy atom. The molecule has 0 amide bonds. The number of benzene rings is 4. The molecule has 0 N–H and O–H groups in total. The number of imidazole rings is 1. The van der Waals surface area contributed by atoms with Gasteiger partial charge in [0, 0.05) is 54.3 Å². The number of pyridine rings is 2. The molecule has 8 rings (SSSR count). The van der Waals surface area contributed by atoms with Crippen LogP contribution in [0.25, 0.3) is 61.4 Å². The van der Waals surface area contributed by atoms with Crippen LogP contribution in [0.1, 0.15) is 26.5 Å². The van der Waals surface area contributed by atoms with Crippen molar-refractivity contribution in [2.24, 2.45) is 0 Å². The summed E-state index contributed by atoms with van der Waals surface area (Å²) in [5, 5.41) is 1.17. The van der Waals surface area contributed by atoms with Crippen LogP contribution in [0.2, 0.25) is 0 Å². The van der Waals surface area contributed by atoms with Gasteiger partial charge in [-0.1, -0.05) is 74.9 Å². The summed E-state index contributed by atoms with van der Waals surface area (Å²) in [7, 11) is 0. The van der Waals surface area contributed by atoms with E-state index in [4.69, 9.17) is 14.4 Å². The van der Waals surface area contributed by atoms with Crippen LogP contribution in [0.15, 0.2) is 126 Å². The van der Waals surface area contributed by atoms with Crippen LogP contribution in [0.5, 0.6) is 0 Å². The van der Waals surface area contributed by atoms with Crippen LogP contribution in [-0.4, -0.2) is 19.5 Å². The first-order valence-electron chi connectivity index (χ1n) is 14.7. The molecule has 0 fully saturated rings. The van der Waals surface area contributed by atoms with E-state index in [1.54, 1.807) is 6.20 Å². The van der Waals surface area contributed by atoms with Gasteiger partial charge in [0.25, 0.3) is 0 Å². The number of nitrogens with zero attached hydrogens (tertiary/aromatic N) is 4. The molecule has 4 aromatic carbocycles. The molecule has 0 aliphatic heterocycles. The minimum Gasteiger partial charge on any atom is -0.500 e. The van der Waals surface area contributed by atoms with Gasteiger partial charge in [0.1, 0.15) is 5.58 Å². The van der Waals surface area contributed by atoms with Crippen LogP contribution < -0.4 is 0 Å². The molecule has 4 heterocycles. The minimum absolute atomic E-state index is 0. The number of aromatic nitrogens is 4. The predicted octanol–water partition coefficient (Wildman–Crippen LogP) is 9.77. The first-order chi connectivity index (χ1) is 21.9. The molecule has 46 heavy (non-hydrogen) atoms. The first kappa shape index (κ1) is 31.0. The van der Waals surface area contributed by atoms with E-state index in [1.807, 2.05) is 114 Å². The zero-order valence-corrected chi connectivity index (χ0v) is 27.9. The Hall–Kier alpha value is -4.97. The van der Waals surface area contributed by atoms with Gasteiger partial charge in [-0.2, -0.15) is 0 Å². The minimum atomic E-state index is -0.366. The Morgan fingerprint density at radius 3 is 2.28 bits per heavy atom. The molecule has 0 saturated carbocycles. The van der Waals surface area contributed by atoms with Gasteiger partial charge >= 0.3 is 0 Å². The van der Waals surface area contributed by atoms with Crippen molar-refractivity contribution in [1.82, 2.24) is 19.5 Å². The Labute approximate surface area is 280 Å². The topological polar surface area (TPSA) is 56.7 Å². The summed E-state index contributed by atoms with van der Waals surface area (Å²) < 4.78 is 23.1. The van der Waals surface area contributed by atoms with Crippen molar-refractivity contribution in [2.75, 3.05) is 0 Å². The molecule has 0 spiro atoms. The van der Waals surface area contributed by atoms with Gasteiger partial charge < -0.3 is 14.0 Å². The van der Waals surface area contributed by atoms with E-state index in [9.17, 15) is 4.39 Å². The average Bonchev–Trinajstić information content (AvgIpc) is 3.65. The molecule has 0 atom stereocenters. The van der Waals surface area contributed by atoms with E-state index in [1.165, 1.54) is 6.07 Å². The third kappa shape index (κ3) is 5.87. The predicted molar refractivity (Wildman–Crippen MR) is 178 cm³/mol. The number of halogens is 1. The van der Waals surface area contributed by atoms with Crippen molar-refractivity contribution in [3.8, 4) is 28.3 Å². The third-order valence-corrected chi connectivity index (χ3v) is 7.57. The van der Waals surface area contributed by atoms with E-state index in [-0.39, 0.29) is 31.3 Å². The zero-order chi connectivity index (χ0) is 31.0. The summed E-state index contributed by atoms with van der Waals surface area (Å²) in [5.74, 6) is 0.244. The van der Waals surface area contributed by atoms with E-state index in [0.717, 1.165) is 39.2 Å². The summed E-state index contributed by atoms with van der Waals surface area (Å²) >= 11 is 0. The summed E-state index contributed by atoms with van der Waals surface area (Å²) in [5.41, 5.74) is 6.93. The third-order valence-electron chi connectivity index (χ3n) is 7.57. The molecular weight excluding hydrogens is 752 g/mol. The van der Waals surface area contributed by atoms with Gasteiger partial charge in [-0.15, -0.1) is 48.0 Å². The Morgan fingerprint density at radius 2 is 1.54 bits per heavy atom. The van der Waals surface area contributed by atoms with Gasteiger partial charge in [-0.05, 0) is 47.5 Å². The normalized spacial score (nSPS) is 11.3. The summed E-state index contributed by atoms with van der Waals surface area (Å²) in [4.78, 5) is 14.1. The molecule has 0 bridgehead atoms. The molecule has 4 aromatic heterocycles. The van der Waals surface area contributed by atoms with Crippen LogP contribution >= 0.6 is 0 Å². The van der Waals surface area contributed by atoms with E-state index in [2.05, 4.69) is 37.9 Å². The maximum atomic E-state index is 14.9. The Balaban J connectivity index is 0.000000241. The molecular formula is C39H29FIrN4O-2. The van der Waals surface area contributed by atoms with E-state index < -0.39 is 0 Å². The Kier molecular flexibility index (Phi) is 8.63. The molecule has 7 heteroatoms. The number of hydrogen-bond donors (Lipinski definition) is 0. The van der Waals surface area contributed by atoms with Crippen molar-refractivity contribution >= 4 is 33.1 Å². The van der Waals surface area contributed by atoms with Gasteiger partial charge in [0.05, 0.1) is 16.9 Å². The number of rotatable bonds is 3. The fraction of sp³-hybridized carbons (Fsp3) is 0.103. The summed E-state index contributed by atoms with van der Waals surface area (Å²) in [6, 6.07) is 42.7. The van der Waals surface area contributed by atoms with Crippen LogP contribution in [0.3, 0.4) is 0 Å². The second kappa shape index (κ2) is 12.8. The largest absolute Gasteiger partial charge is 0.500 e. The molecule has 0 aliphatic carbocycles. The maximum absolute atomic E-state index is 14.9. The van der Waals surface area contributed by atoms with Crippen molar-refractivity contribution < 1.29 is 28.9 Å². The quantitative estimate of drug-likeness (QED) is 0.168. The monoisotopic (exact) mass is 781 g/mol. The van der Waals surface area contributed by atoms with Crippen molar-refractivity contribution in [3.05, 3.63) is 145 Å². The van der Waals surface area contributed by atoms with Crippen LogP contribution in [0.4, 0.5) is 4.39 Å². The average molecular weight is 781 g/mol. The fourth-order valence-electron chi connectivity index (χ4n) is 5.34. The second-order valence-corrected chi connectivity index (χ2v) is 11.7. The number of hydrogen-bond acceptors (Lipinski definition) is 4. The summed E-state index contributed by atoms with van der Waals surface area (Å²) in [6.07, 6.45) is 1.79. The summed E-state index contributed by atoms with van der Waals surface area (Å²) in [6.45, 7) is 6.41. The van der Waals surface area contributed by atoms with Crippen LogP contribution in [0, 0.1) is 17.9 Å². The second-order valence-electron chi connectivity index (χ2n) is 11.7. The first-order valence-corrected chi connectivity index (χ1v) is 14.7. The van der Waals surface area contributed by atoms with Crippen LogP contribution in [-0.2, 0) is 25.5 Å². The number of furan rings is 1.